The van der Waals surface area contributed by atoms with Crippen LogP contribution in [0.5, 0.6) is 0 Å². The van der Waals surface area contributed by atoms with Crippen LogP contribution in [0.2, 0.25) is 0 Å². The Hall–Kier alpha value is -2.03. The number of rotatable bonds is 5. The Labute approximate surface area is 169 Å². The summed E-state index contributed by atoms with van der Waals surface area (Å²) in [5, 5.41) is 7.93. The summed E-state index contributed by atoms with van der Waals surface area (Å²) in [7, 11) is 0. The number of carbonyl (C=O) groups excluding carboxylic acids is 2. The van der Waals surface area contributed by atoms with Crippen LogP contribution in [-0.2, 0) is 11.3 Å². The maximum Gasteiger partial charge on any atom is 0.264 e. The lowest BCUT2D eigenvalue weighted by Crippen LogP contribution is -2.45. The van der Waals surface area contributed by atoms with Crippen LogP contribution in [0.25, 0.3) is 9.88 Å². The van der Waals surface area contributed by atoms with E-state index in [1.165, 1.54) is 11.3 Å². The van der Waals surface area contributed by atoms with Crippen molar-refractivity contribution in [2.45, 2.75) is 32.4 Å². The predicted octanol–water partition coefficient (Wildman–Crippen LogP) is 4.16. The Morgan fingerprint density at radius 2 is 2.19 bits per heavy atom. The second-order valence-electron chi connectivity index (χ2n) is 6.41. The Bertz CT molecular complexity index is 945. The van der Waals surface area contributed by atoms with E-state index in [4.69, 9.17) is 0 Å². The van der Waals surface area contributed by atoms with Crippen molar-refractivity contribution in [1.82, 2.24) is 15.2 Å². The molecule has 5 nitrogen and oxygen atoms in total. The van der Waals surface area contributed by atoms with E-state index in [-0.39, 0.29) is 11.8 Å². The van der Waals surface area contributed by atoms with Crippen LogP contribution in [-0.4, -0.2) is 34.3 Å². The molecule has 1 fully saturated rings. The van der Waals surface area contributed by atoms with Gasteiger partial charge in [-0.15, -0.1) is 34.0 Å². The Kier molecular flexibility index (Phi) is 5.38. The molecule has 8 heteroatoms. The van der Waals surface area contributed by atoms with Crippen LogP contribution >= 0.6 is 34.0 Å². The van der Waals surface area contributed by atoms with Gasteiger partial charge in [0.25, 0.3) is 5.91 Å². The molecule has 1 saturated heterocycles. The van der Waals surface area contributed by atoms with Crippen LogP contribution in [0.1, 0.15) is 33.1 Å². The van der Waals surface area contributed by atoms with Crippen LogP contribution in [0.4, 0.5) is 0 Å². The first kappa shape index (κ1) is 18.3. The molecule has 1 aliphatic rings. The van der Waals surface area contributed by atoms with Gasteiger partial charge in [0.15, 0.2) is 0 Å². The average Bonchev–Trinajstić information content (AvgIpc) is 3.46. The Balaban J connectivity index is 1.38. The van der Waals surface area contributed by atoms with E-state index in [2.05, 4.69) is 10.3 Å². The van der Waals surface area contributed by atoms with Gasteiger partial charge in [-0.25, -0.2) is 4.98 Å². The summed E-state index contributed by atoms with van der Waals surface area (Å²) < 4.78 is 0. The van der Waals surface area contributed by atoms with E-state index in [0.717, 1.165) is 26.9 Å². The molecule has 0 saturated carbocycles. The molecule has 4 rings (SSSR count). The molecule has 0 radical (unpaired) electrons. The molecular formula is C19H19N3O2S3. The lowest BCUT2D eigenvalue weighted by molar-refractivity contribution is -0.125. The van der Waals surface area contributed by atoms with E-state index in [1.807, 2.05) is 41.9 Å². The van der Waals surface area contributed by atoms with Crippen molar-refractivity contribution in [2.24, 2.45) is 0 Å². The fourth-order valence-electron chi connectivity index (χ4n) is 3.17. The lowest BCUT2D eigenvalue weighted by Gasteiger charge is -2.23. The molecule has 2 amide bonds. The SMILES string of the molecule is Cc1ccc(C(=O)N2CCCC2C(=O)NCc2csc(-c3cccs3)n2)s1. The highest BCUT2D eigenvalue weighted by molar-refractivity contribution is 7.20. The minimum atomic E-state index is -0.393. The minimum Gasteiger partial charge on any atom is -0.349 e. The number of thiazole rings is 1. The lowest BCUT2D eigenvalue weighted by atomic mass is 10.2. The van der Waals surface area contributed by atoms with Gasteiger partial charge >= 0.3 is 0 Å². The summed E-state index contributed by atoms with van der Waals surface area (Å²) in [6, 6.07) is 7.44. The summed E-state index contributed by atoms with van der Waals surface area (Å²) in [5.41, 5.74) is 0.849. The number of likely N-dealkylation sites (tertiary alicyclic amines) is 1. The molecule has 0 aliphatic carbocycles. The highest BCUT2D eigenvalue weighted by atomic mass is 32.1. The van der Waals surface area contributed by atoms with Gasteiger partial charge in [-0.3, -0.25) is 9.59 Å². The summed E-state index contributed by atoms with van der Waals surface area (Å²) >= 11 is 4.71. The molecule has 0 spiro atoms. The highest BCUT2D eigenvalue weighted by Gasteiger charge is 2.34. The number of hydrogen-bond acceptors (Lipinski definition) is 6. The van der Waals surface area contributed by atoms with Crippen LogP contribution in [0.3, 0.4) is 0 Å². The number of carbonyl (C=O) groups is 2. The molecular weight excluding hydrogens is 398 g/mol. The van der Waals surface area contributed by atoms with Crippen LogP contribution < -0.4 is 5.32 Å². The molecule has 3 aromatic rings. The van der Waals surface area contributed by atoms with Crippen molar-refractivity contribution < 1.29 is 9.59 Å². The molecule has 1 N–H and O–H groups in total. The fourth-order valence-corrected chi connectivity index (χ4v) is 5.63. The average molecular weight is 418 g/mol. The summed E-state index contributed by atoms with van der Waals surface area (Å²) in [6.07, 6.45) is 1.56. The van der Waals surface area contributed by atoms with Crippen molar-refractivity contribution in [1.29, 1.82) is 0 Å². The number of thiophene rings is 2. The topological polar surface area (TPSA) is 62.3 Å². The maximum atomic E-state index is 12.7. The monoisotopic (exact) mass is 417 g/mol. The summed E-state index contributed by atoms with van der Waals surface area (Å²) in [5.74, 6) is -0.140. The van der Waals surface area contributed by atoms with E-state index in [1.54, 1.807) is 27.6 Å². The molecule has 4 heterocycles. The molecule has 1 atom stereocenters. The molecule has 140 valence electrons. The van der Waals surface area contributed by atoms with Crippen molar-refractivity contribution in [3.8, 4) is 9.88 Å². The van der Waals surface area contributed by atoms with E-state index in [0.29, 0.717) is 24.4 Å². The first-order chi connectivity index (χ1) is 13.1. The number of aryl methyl sites for hydroxylation is 1. The molecule has 0 aromatic carbocycles. The predicted molar refractivity (Wildman–Crippen MR) is 110 cm³/mol. The molecule has 0 bridgehead atoms. The number of nitrogens with one attached hydrogen (secondary N) is 1. The van der Waals surface area contributed by atoms with Crippen molar-refractivity contribution in [2.75, 3.05) is 6.54 Å². The van der Waals surface area contributed by atoms with Crippen molar-refractivity contribution >= 4 is 45.8 Å². The van der Waals surface area contributed by atoms with Gasteiger partial charge in [-0.05, 0) is 43.3 Å². The zero-order valence-corrected chi connectivity index (χ0v) is 17.3. The molecule has 3 aromatic heterocycles. The zero-order valence-electron chi connectivity index (χ0n) is 14.8. The largest absolute Gasteiger partial charge is 0.349 e. The number of hydrogen-bond donors (Lipinski definition) is 1. The molecule has 27 heavy (non-hydrogen) atoms. The van der Waals surface area contributed by atoms with Gasteiger partial charge in [0, 0.05) is 16.8 Å². The Morgan fingerprint density at radius 3 is 2.93 bits per heavy atom. The summed E-state index contributed by atoms with van der Waals surface area (Å²) in [4.78, 5) is 34.6. The third-order valence-electron chi connectivity index (χ3n) is 4.49. The normalized spacial score (nSPS) is 16.6. The number of amides is 2. The molecule has 1 aliphatic heterocycles. The van der Waals surface area contributed by atoms with E-state index < -0.39 is 6.04 Å². The third kappa shape index (κ3) is 3.97. The van der Waals surface area contributed by atoms with Crippen LogP contribution in [0.15, 0.2) is 35.0 Å². The van der Waals surface area contributed by atoms with Gasteiger partial charge in [-0.1, -0.05) is 6.07 Å². The summed E-state index contributed by atoms with van der Waals surface area (Å²) in [6.45, 7) is 3.00. The Morgan fingerprint density at radius 1 is 1.30 bits per heavy atom. The van der Waals surface area contributed by atoms with Crippen molar-refractivity contribution in [3.63, 3.8) is 0 Å². The van der Waals surface area contributed by atoms with Gasteiger partial charge in [0.05, 0.1) is 22.0 Å². The fraction of sp³-hybridized carbons (Fsp3) is 0.316. The second kappa shape index (κ2) is 7.92. The molecule has 1 unspecified atom stereocenters. The van der Waals surface area contributed by atoms with Gasteiger partial charge in [-0.2, -0.15) is 0 Å². The highest BCUT2D eigenvalue weighted by Crippen LogP contribution is 2.28. The minimum absolute atomic E-state index is 0.0422. The number of nitrogens with zero attached hydrogens (tertiary/aromatic N) is 2. The standard InChI is InChI=1S/C19H19N3O2S3/c1-12-6-7-16(27-12)19(24)22-8-2-4-14(22)17(23)20-10-13-11-26-18(21-13)15-5-3-9-25-15/h3,5-7,9,11,14H,2,4,8,10H2,1H3,(H,20,23). The smallest absolute Gasteiger partial charge is 0.264 e. The first-order valence-corrected chi connectivity index (χ1v) is 11.3. The zero-order chi connectivity index (χ0) is 18.8. The number of aromatic nitrogens is 1. The van der Waals surface area contributed by atoms with Crippen LogP contribution in [0, 0.1) is 6.92 Å². The van der Waals surface area contributed by atoms with E-state index >= 15 is 0 Å². The first-order valence-electron chi connectivity index (χ1n) is 8.75. The quantitative estimate of drug-likeness (QED) is 0.678. The maximum absolute atomic E-state index is 12.7. The van der Waals surface area contributed by atoms with Gasteiger partial charge in [0.1, 0.15) is 11.0 Å². The second-order valence-corrected chi connectivity index (χ2v) is 9.50. The van der Waals surface area contributed by atoms with Gasteiger partial charge in [0.2, 0.25) is 5.91 Å². The van der Waals surface area contributed by atoms with E-state index in [9.17, 15) is 9.59 Å². The van der Waals surface area contributed by atoms with Crippen molar-refractivity contribution in [3.05, 3.63) is 50.5 Å². The van der Waals surface area contributed by atoms with Gasteiger partial charge < -0.3 is 10.2 Å². The third-order valence-corrected chi connectivity index (χ3v) is 7.41.